The Morgan fingerprint density at radius 3 is 2.65 bits per heavy atom. The number of rotatable bonds is 5. The van der Waals surface area contributed by atoms with Gasteiger partial charge in [0.15, 0.2) is 0 Å². The topological polar surface area (TPSA) is 92.3 Å². The fourth-order valence-corrected chi connectivity index (χ4v) is 5.76. The van der Waals surface area contributed by atoms with Crippen LogP contribution in [0.25, 0.3) is 11.0 Å². The highest BCUT2D eigenvalue weighted by Gasteiger charge is 2.32. The number of amides is 1. The molecule has 9 heteroatoms. The molecule has 1 saturated carbocycles. The molecule has 2 heterocycles. The van der Waals surface area contributed by atoms with Crippen LogP contribution in [0.2, 0.25) is 0 Å². The van der Waals surface area contributed by atoms with Gasteiger partial charge in [-0.25, -0.2) is 8.42 Å². The summed E-state index contributed by atoms with van der Waals surface area (Å²) < 4.78 is 35.8. The SMILES string of the molecule is O=C(NCC1CCN(S(=O)(=O)c2cccc3nsnc23)CC1)C1CCC1. The number of sulfonamides is 1. The number of fused-ring (bicyclic) bond motifs is 1. The number of carbonyl (C=O) groups excluding carboxylic acids is 1. The largest absolute Gasteiger partial charge is 0.356 e. The molecule has 2 aromatic rings. The molecule has 1 aliphatic carbocycles. The number of nitrogens with one attached hydrogen (secondary N) is 1. The van der Waals surface area contributed by atoms with Crippen molar-refractivity contribution in [2.75, 3.05) is 19.6 Å². The van der Waals surface area contributed by atoms with Crippen molar-refractivity contribution >= 4 is 38.7 Å². The van der Waals surface area contributed by atoms with Gasteiger partial charge < -0.3 is 5.32 Å². The van der Waals surface area contributed by atoms with Crippen LogP contribution >= 0.6 is 11.7 Å². The van der Waals surface area contributed by atoms with E-state index in [4.69, 9.17) is 0 Å². The third kappa shape index (κ3) is 3.35. The second-order valence-corrected chi connectivity index (χ2v) is 9.54. The van der Waals surface area contributed by atoms with Crippen molar-refractivity contribution in [3.63, 3.8) is 0 Å². The van der Waals surface area contributed by atoms with Gasteiger partial charge in [-0.2, -0.15) is 13.1 Å². The van der Waals surface area contributed by atoms with Crippen molar-refractivity contribution in [3.8, 4) is 0 Å². The molecule has 0 atom stereocenters. The molecule has 0 radical (unpaired) electrons. The highest BCUT2D eigenvalue weighted by molar-refractivity contribution is 7.89. The third-order valence-corrected chi connectivity index (χ3v) is 7.95. The van der Waals surface area contributed by atoms with Gasteiger partial charge in [-0.15, -0.1) is 0 Å². The standard InChI is InChI=1S/C17H22N4O3S2/c22-17(13-3-1-4-13)18-11-12-7-9-21(10-8-12)26(23,24)15-6-2-5-14-16(15)20-25-19-14/h2,5-6,12-13H,1,3-4,7-11H2,(H,18,22). The van der Waals surface area contributed by atoms with Crippen LogP contribution in [-0.2, 0) is 14.8 Å². The van der Waals surface area contributed by atoms with Crippen LogP contribution in [-0.4, -0.2) is 47.0 Å². The van der Waals surface area contributed by atoms with Crippen molar-refractivity contribution in [3.05, 3.63) is 18.2 Å². The van der Waals surface area contributed by atoms with Gasteiger partial charge in [-0.3, -0.25) is 4.79 Å². The maximum absolute atomic E-state index is 13.0. The minimum atomic E-state index is -3.57. The molecule has 1 N–H and O–H groups in total. The third-order valence-electron chi connectivity index (χ3n) is 5.48. The lowest BCUT2D eigenvalue weighted by Gasteiger charge is -2.32. The maximum Gasteiger partial charge on any atom is 0.245 e. The molecule has 1 aromatic carbocycles. The fourth-order valence-electron chi connectivity index (χ4n) is 3.54. The Balaban J connectivity index is 1.38. The Bertz CT molecular complexity index is 900. The van der Waals surface area contributed by atoms with Gasteiger partial charge in [0.05, 0.1) is 11.7 Å². The lowest BCUT2D eigenvalue weighted by molar-refractivity contribution is -0.127. The quantitative estimate of drug-likeness (QED) is 0.837. The predicted octanol–water partition coefficient (Wildman–Crippen LogP) is 2.01. The molecule has 4 rings (SSSR count). The zero-order valence-corrected chi connectivity index (χ0v) is 16.1. The molecule has 26 heavy (non-hydrogen) atoms. The van der Waals surface area contributed by atoms with Gasteiger partial charge >= 0.3 is 0 Å². The molecule has 0 bridgehead atoms. The summed E-state index contributed by atoms with van der Waals surface area (Å²) in [6.45, 7) is 1.59. The van der Waals surface area contributed by atoms with E-state index < -0.39 is 10.0 Å². The van der Waals surface area contributed by atoms with Crippen LogP contribution in [0.3, 0.4) is 0 Å². The summed E-state index contributed by atoms with van der Waals surface area (Å²) in [7, 11) is -3.57. The number of carbonyl (C=O) groups is 1. The second-order valence-electron chi connectivity index (χ2n) is 7.11. The summed E-state index contributed by atoms with van der Waals surface area (Å²) in [6.07, 6.45) is 4.67. The normalized spacial score (nSPS) is 20.2. The van der Waals surface area contributed by atoms with E-state index in [-0.39, 0.29) is 16.7 Å². The smallest absolute Gasteiger partial charge is 0.245 e. The summed E-state index contributed by atoms with van der Waals surface area (Å²) in [5, 5.41) is 3.04. The minimum absolute atomic E-state index is 0.161. The molecule has 2 fully saturated rings. The molecule has 1 saturated heterocycles. The van der Waals surface area contributed by atoms with Crippen LogP contribution < -0.4 is 5.32 Å². The first-order chi connectivity index (χ1) is 12.6. The van der Waals surface area contributed by atoms with E-state index in [1.54, 1.807) is 18.2 Å². The average Bonchev–Trinajstić information content (AvgIpc) is 3.07. The van der Waals surface area contributed by atoms with E-state index in [9.17, 15) is 13.2 Å². The van der Waals surface area contributed by atoms with Crippen molar-refractivity contribution < 1.29 is 13.2 Å². The van der Waals surface area contributed by atoms with Gasteiger partial charge in [0, 0.05) is 25.6 Å². The zero-order valence-electron chi connectivity index (χ0n) is 14.4. The molecule has 2 aliphatic rings. The van der Waals surface area contributed by atoms with Gasteiger partial charge in [0.2, 0.25) is 15.9 Å². The first-order valence-electron chi connectivity index (χ1n) is 9.05. The predicted molar refractivity (Wildman–Crippen MR) is 99.2 cm³/mol. The van der Waals surface area contributed by atoms with E-state index in [2.05, 4.69) is 14.1 Å². The van der Waals surface area contributed by atoms with E-state index in [1.807, 2.05) is 0 Å². The molecule has 0 unspecified atom stereocenters. The number of aromatic nitrogens is 2. The van der Waals surface area contributed by atoms with Crippen molar-refractivity contribution in [1.82, 2.24) is 18.4 Å². The summed E-state index contributed by atoms with van der Waals surface area (Å²) in [5.41, 5.74) is 1.07. The Kier molecular flexibility index (Phi) is 4.94. The van der Waals surface area contributed by atoms with Crippen molar-refractivity contribution in [2.24, 2.45) is 11.8 Å². The molecule has 1 aromatic heterocycles. The number of nitrogens with zero attached hydrogens (tertiary/aromatic N) is 3. The van der Waals surface area contributed by atoms with Crippen molar-refractivity contribution in [2.45, 2.75) is 37.0 Å². The minimum Gasteiger partial charge on any atom is -0.356 e. The van der Waals surface area contributed by atoms with Gasteiger partial charge in [-0.05, 0) is 43.7 Å². The maximum atomic E-state index is 13.0. The van der Waals surface area contributed by atoms with Crippen LogP contribution in [0.5, 0.6) is 0 Å². The molecule has 1 aliphatic heterocycles. The van der Waals surface area contributed by atoms with E-state index >= 15 is 0 Å². The highest BCUT2D eigenvalue weighted by atomic mass is 32.2. The average molecular weight is 395 g/mol. The summed E-state index contributed by atoms with van der Waals surface area (Å²) >= 11 is 1.03. The number of benzene rings is 1. The van der Waals surface area contributed by atoms with Gasteiger partial charge in [0.25, 0.3) is 0 Å². The van der Waals surface area contributed by atoms with Crippen LogP contribution in [0, 0.1) is 11.8 Å². The highest BCUT2D eigenvalue weighted by Crippen LogP contribution is 2.29. The Morgan fingerprint density at radius 1 is 1.19 bits per heavy atom. The van der Waals surface area contributed by atoms with E-state index in [0.717, 1.165) is 43.8 Å². The first-order valence-corrected chi connectivity index (χ1v) is 11.2. The summed E-state index contributed by atoms with van der Waals surface area (Å²) in [4.78, 5) is 12.2. The molecular formula is C17H22N4O3S2. The monoisotopic (exact) mass is 394 g/mol. The second kappa shape index (κ2) is 7.21. The molecule has 140 valence electrons. The van der Waals surface area contributed by atoms with Crippen LogP contribution in [0.15, 0.2) is 23.1 Å². The first kappa shape index (κ1) is 17.8. The summed E-state index contributed by atoms with van der Waals surface area (Å²) in [6, 6.07) is 5.08. The van der Waals surface area contributed by atoms with Gasteiger partial charge in [0.1, 0.15) is 15.9 Å². The molecule has 1 amide bonds. The Morgan fingerprint density at radius 2 is 1.96 bits per heavy atom. The van der Waals surface area contributed by atoms with Crippen LogP contribution in [0.1, 0.15) is 32.1 Å². The number of hydrogen-bond acceptors (Lipinski definition) is 6. The number of hydrogen-bond donors (Lipinski definition) is 1. The van der Waals surface area contributed by atoms with E-state index in [0.29, 0.717) is 36.6 Å². The van der Waals surface area contributed by atoms with E-state index in [1.165, 1.54) is 4.31 Å². The van der Waals surface area contributed by atoms with Gasteiger partial charge in [-0.1, -0.05) is 12.5 Å². The fraction of sp³-hybridized carbons (Fsp3) is 0.588. The Labute approximate surface area is 157 Å². The lowest BCUT2D eigenvalue weighted by Crippen LogP contribution is -2.43. The molecule has 0 spiro atoms. The summed E-state index contributed by atoms with van der Waals surface area (Å²) in [5.74, 6) is 0.693. The van der Waals surface area contributed by atoms with Crippen molar-refractivity contribution in [1.29, 1.82) is 0 Å². The number of piperidine rings is 1. The lowest BCUT2D eigenvalue weighted by atomic mass is 9.84. The van der Waals surface area contributed by atoms with Crippen LogP contribution in [0.4, 0.5) is 0 Å². The zero-order chi connectivity index (χ0) is 18.1. The molecule has 7 nitrogen and oxygen atoms in total. The Hall–Kier alpha value is -1.58. The molecular weight excluding hydrogens is 372 g/mol.